The van der Waals surface area contributed by atoms with Crippen molar-refractivity contribution < 1.29 is 34.1 Å². The number of fused-ring (bicyclic) bond motifs is 1. The number of nitrogens with one attached hydrogen (secondary N) is 1. The zero-order valence-corrected chi connectivity index (χ0v) is 17.5. The van der Waals surface area contributed by atoms with Crippen LogP contribution >= 0.6 is 0 Å². The molecule has 2 saturated heterocycles. The molecule has 0 saturated carbocycles. The van der Waals surface area contributed by atoms with Crippen molar-refractivity contribution in [2.45, 2.75) is 44.6 Å². The number of rotatable bonds is 9. The molecule has 8 heteroatoms. The number of aliphatic hydroxyl groups excluding tert-OH is 1. The first kappa shape index (κ1) is 23.5. The van der Waals surface area contributed by atoms with Gasteiger partial charge in [0, 0.05) is 13.0 Å². The molecule has 0 aromatic carbocycles. The molecule has 0 unspecified atom stereocenters. The molecule has 2 heterocycles. The lowest BCUT2D eigenvalue weighted by Gasteiger charge is -2.22. The van der Waals surface area contributed by atoms with Crippen molar-refractivity contribution in [1.82, 2.24) is 5.32 Å². The van der Waals surface area contributed by atoms with E-state index in [1.54, 1.807) is 56.4 Å². The highest BCUT2D eigenvalue weighted by molar-refractivity contribution is 6.21. The largest absolute Gasteiger partial charge is 0.465 e. The standard InChI is InChI=1S/C22H27NO7/c1-5-16(18(26)29-4)13-14(2)9-7-6-8-10-15(3)17(25)22-19(30-22)21(28,11-12-24)23-20(22)27/h5-10,13,19,24,28H,11-12H2,1-4H3,(H,23,27)/b8-6+,9-7+,14-13+,15-10+,16-5-/t19-,21-,22-/m1/s1. The molecule has 3 N–H and O–H groups in total. The van der Waals surface area contributed by atoms with E-state index in [9.17, 15) is 19.5 Å². The van der Waals surface area contributed by atoms with Gasteiger partial charge in [0.15, 0.2) is 11.8 Å². The molecular weight excluding hydrogens is 390 g/mol. The number of carbonyl (C=O) groups is 3. The molecule has 1 amide bonds. The van der Waals surface area contributed by atoms with Gasteiger partial charge in [0.1, 0.15) is 0 Å². The molecule has 3 atom stereocenters. The summed E-state index contributed by atoms with van der Waals surface area (Å²) in [6.45, 7) is 4.78. The highest BCUT2D eigenvalue weighted by Crippen LogP contribution is 2.50. The molecule has 0 bridgehead atoms. The van der Waals surface area contributed by atoms with Gasteiger partial charge in [-0.1, -0.05) is 42.0 Å². The Bertz CT molecular complexity index is 880. The lowest BCUT2D eigenvalue weighted by atomic mass is 9.92. The molecule has 0 radical (unpaired) electrons. The second-order valence-corrected chi connectivity index (χ2v) is 7.13. The zero-order valence-electron chi connectivity index (χ0n) is 17.5. The number of aliphatic hydroxyl groups is 2. The van der Waals surface area contributed by atoms with E-state index in [0.29, 0.717) is 11.1 Å². The molecule has 2 rings (SSSR count). The molecule has 2 fully saturated rings. The predicted molar refractivity (Wildman–Crippen MR) is 109 cm³/mol. The van der Waals surface area contributed by atoms with Crippen molar-refractivity contribution in [3.05, 3.63) is 59.3 Å². The van der Waals surface area contributed by atoms with E-state index in [1.165, 1.54) is 7.11 Å². The van der Waals surface area contributed by atoms with E-state index in [-0.39, 0.29) is 13.0 Å². The summed E-state index contributed by atoms with van der Waals surface area (Å²) in [5.41, 5.74) is -1.89. The second kappa shape index (κ2) is 9.34. The Kier molecular flexibility index (Phi) is 7.30. The van der Waals surface area contributed by atoms with E-state index in [1.807, 2.05) is 6.92 Å². The van der Waals surface area contributed by atoms with Crippen LogP contribution in [0, 0.1) is 0 Å². The fourth-order valence-corrected chi connectivity index (χ4v) is 3.26. The maximum Gasteiger partial charge on any atom is 0.337 e. The van der Waals surface area contributed by atoms with E-state index < -0.39 is 35.1 Å². The van der Waals surface area contributed by atoms with Crippen LogP contribution in [0.1, 0.15) is 27.2 Å². The van der Waals surface area contributed by atoms with E-state index in [0.717, 1.165) is 5.57 Å². The van der Waals surface area contributed by atoms with Gasteiger partial charge in [-0.2, -0.15) is 0 Å². The number of ketones is 1. The lowest BCUT2D eigenvalue weighted by Crippen LogP contribution is -2.48. The Morgan fingerprint density at radius 3 is 2.53 bits per heavy atom. The van der Waals surface area contributed by atoms with Crippen molar-refractivity contribution in [1.29, 1.82) is 0 Å². The van der Waals surface area contributed by atoms with Gasteiger partial charge >= 0.3 is 5.97 Å². The number of carbonyl (C=O) groups excluding carboxylic acids is 3. The molecule has 0 aliphatic carbocycles. The van der Waals surface area contributed by atoms with Gasteiger partial charge in [0.25, 0.3) is 5.91 Å². The number of ether oxygens (including phenoxy) is 2. The van der Waals surface area contributed by atoms with Crippen LogP contribution in [0.4, 0.5) is 0 Å². The maximum atomic E-state index is 12.7. The number of hydrogen-bond donors (Lipinski definition) is 3. The van der Waals surface area contributed by atoms with Crippen LogP contribution in [0.15, 0.2) is 59.3 Å². The monoisotopic (exact) mass is 417 g/mol. The van der Waals surface area contributed by atoms with Crippen LogP contribution in [-0.2, 0) is 23.9 Å². The Hall–Kier alpha value is -2.81. The van der Waals surface area contributed by atoms with Crippen molar-refractivity contribution in [2.24, 2.45) is 0 Å². The molecule has 0 aromatic heterocycles. The van der Waals surface area contributed by atoms with Crippen LogP contribution in [0.5, 0.6) is 0 Å². The number of amides is 1. The summed E-state index contributed by atoms with van der Waals surface area (Å²) >= 11 is 0. The number of Topliss-reactive ketones (excluding diaryl/α,β-unsaturated/α-hetero) is 1. The van der Waals surface area contributed by atoms with Gasteiger partial charge in [0.05, 0.1) is 12.7 Å². The smallest absolute Gasteiger partial charge is 0.337 e. The minimum Gasteiger partial charge on any atom is -0.465 e. The van der Waals surface area contributed by atoms with Crippen molar-refractivity contribution >= 4 is 17.7 Å². The highest BCUT2D eigenvalue weighted by atomic mass is 16.6. The maximum absolute atomic E-state index is 12.7. The number of morpholine rings is 1. The predicted octanol–water partition coefficient (Wildman–Crippen LogP) is 1.02. The summed E-state index contributed by atoms with van der Waals surface area (Å²) < 4.78 is 9.97. The average Bonchev–Trinajstić information content (AvgIpc) is 3.44. The Labute approximate surface area is 175 Å². The Balaban J connectivity index is 2.01. The van der Waals surface area contributed by atoms with Crippen molar-refractivity contribution in [3.63, 3.8) is 0 Å². The second-order valence-electron chi connectivity index (χ2n) is 7.13. The van der Waals surface area contributed by atoms with Crippen LogP contribution in [0.3, 0.4) is 0 Å². The molecule has 8 nitrogen and oxygen atoms in total. The third-order valence-electron chi connectivity index (χ3n) is 4.95. The third-order valence-corrected chi connectivity index (χ3v) is 4.95. The van der Waals surface area contributed by atoms with Crippen LogP contribution < -0.4 is 5.32 Å². The number of epoxide rings is 1. The summed E-state index contributed by atoms with van der Waals surface area (Å²) in [7, 11) is 1.32. The number of allylic oxidation sites excluding steroid dienone is 7. The summed E-state index contributed by atoms with van der Waals surface area (Å²) in [5.74, 6) is -1.64. The molecule has 0 spiro atoms. The molecule has 2 aliphatic heterocycles. The fraction of sp³-hybridized carbons (Fsp3) is 0.409. The third kappa shape index (κ3) is 4.51. The highest BCUT2D eigenvalue weighted by Gasteiger charge is 2.80. The number of methoxy groups -OCH3 is 1. The van der Waals surface area contributed by atoms with E-state index in [2.05, 4.69) is 10.1 Å². The first-order valence-electron chi connectivity index (χ1n) is 9.49. The lowest BCUT2D eigenvalue weighted by molar-refractivity contribution is -0.138. The Morgan fingerprint density at radius 1 is 1.27 bits per heavy atom. The van der Waals surface area contributed by atoms with Gasteiger partial charge < -0.3 is 25.0 Å². The minimum atomic E-state index is -1.74. The van der Waals surface area contributed by atoms with Crippen LogP contribution in [0.25, 0.3) is 0 Å². The van der Waals surface area contributed by atoms with Gasteiger partial charge in [-0.15, -0.1) is 0 Å². The van der Waals surface area contributed by atoms with Gasteiger partial charge in [-0.05, 0) is 32.4 Å². The summed E-state index contributed by atoms with van der Waals surface area (Å²) in [6.07, 6.45) is 10.6. The van der Waals surface area contributed by atoms with Gasteiger partial charge in [0.2, 0.25) is 11.4 Å². The number of esters is 1. The van der Waals surface area contributed by atoms with Gasteiger partial charge in [-0.3, -0.25) is 9.59 Å². The SMILES string of the molecule is C/C=C(/C=C(C)/C=C/C=C/C=C(\C)C(=O)[C@@]12O[C@@H]1[C@](O)(CCO)NC2=O)C(=O)OC. The van der Waals surface area contributed by atoms with Crippen molar-refractivity contribution in [2.75, 3.05) is 13.7 Å². The van der Waals surface area contributed by atoms with Crippen molar-refractivity contribution in [3.8, 4) is 0 Å². The minimum absolute atomic E-state index is 0.121. The first-order chi connectivity index (χ1) is 14.2. The molecule has 162 valence electrons. The normalized spacial score (nSPS) is 29.3. The van der Waals surface area contributed by atoms with Crippen LogP contribution in [0.2, 0.25) is 0 Å². The van der Waals surface area contributed by atoms with E-state index >= 15 is 0 Å². The first-order valence-corrected chi connectivity index (χ1v) is 9.49. The topological polar surface area (TPSA) is 125 Å². The Morgan fingerprint density at radius 2 is 1.97 bits per heavy atom. The summed E-state index contributed by atoms with van der Waals surface area (Å²) in [5, 5.41) is 21.7. The summed E-state index contributed by atoms with van der Waals surface area (Å²) in [6, 6.07) is 0. The number of hydrogen-bond acceptors (Lipinski definition) is 7. The molecule has 2 aliphatic rings. The zero-order chi connectivity index (χ0) is 22.5. The van der Waals surface area contributed by atoms with Gasteiger partial charge in [-0.25, -0.2) is 4.79 Å². The van der Waals surface area contributed by atoms with E-state index in [4.69, 9.17) is 9.84 Å². The molecule has 0 aromatic rings. The quantitative estimate of drug-likeness (QED) is 0.168. The molecule has 30 heavy (non-hydrogen) atoms. The molecular formula is C22H27NO7. The summed E-state index contributed by atoms with van der Waals surface area (Å²) in [4.78, 5) is 36.5. The van der Waals surface area contributed by atoms with Crippen LogP contribution in [-0.4, -0.2) is 59.0 Å². The fourth-order valence-electron chi connectivity index (χ4n) is 3.26. The average molecular weight is 417 g/mol.